The van der Waals surface area contributed by atoms with Crippen molar-refractivity contribution in [3.05, 3.63) is 33.8 Å². The van der Waals surface area contributed by atoms with Crippen molar-refractivity contribution in [3.63, 3.8) is 0 Å². The number of rotatable bonds is 3. The number of halogens is 2. The second-order valence-electron chi connectivity index (χ2n) is 4.08. The summed E-state index contributed by atoms with van der Waals surface area (Å²) in [5.41, 5.74) is 6.42. The summed E-state index contributed by atoms with van der Waals surface area (Å²) in [5.74, 6) is -0.122. The van der Waals surface area contributed by atoms with Gasteiger partial charge in [0.2, 0.25) is 5.91 Å². The summed E-state index contributed by atoms with van der Waals surface area (Å²) >= 11 is 11.9. The Morgan fingerprint density at radius 1 is 1.35 bits per heavy atom. The number of hydrogen-bond acceptors (Lipinski definition) is 2. The fourth-order valence-corrected chi connectivity index (χ4v) is 2.13. The summed E-state index contributed by atoms with van der Waals surface area (Å²) in [6, 6.07) is 4.58. The number of amides is 1. The zero-order valence-corrected chi connectivity index (χ0v) is 11.6. The Morgan fingerprint density at radius 2 is 1.94 bits per heavy atom. The third-order valence-corrected chi connectivity index (χ3v) is 3.29. The quantitative estimate of drug-likeness (QED) is 0.922. The van der Waals surface area contributed by atoms with E-state index in [1.807, 2.05) is 13.0 Å². The standard InChI is InChI=1S/C12H16Cl2N2O/c1-7(15)12(17)16(3)8(2)10-5-4-9(13)6-11(10)14/h4-8H,15H2,1-3H3. The highest BCUT2D eigenvalue weighted by molar-refractivity contribution is 6.35. The first-order valence-corrected chi connectivity index (χ1v) is 6.07. The van der Waals surface area contributed by atoms with Gasteiger partial charge in [0.25, 0.3) is 0 Å². The molecule has 0 aliphatic heterocycles. The Labute approximate surface area is 111 Å². The molecule has 0 aliphatic rings. The number of likely N-dealkylation sites (N-methyl/N-ethyl adjacent to an activating group) is 1. The normalized spacial score (nSPS) is 14.2. The molecule has 94 valence electrons. The van der Waals surface area contributed by atoms with Crippen molar-refractivity contribution < 1.29 is 4.79 Å². The highest BCUT2D eigenvalue weighted by atomic mass is 35.5. The van der Waals surface area contributed by atoms with Gasteiger partial charge in [-0.15, -0.1) is 0 Å². The van der Waals surface area contributed by atoms with Crippen LogP contribution in [0.15, 0.2) is 18.2 Å². The van der Waals surface area contributed by atoms with Crippen LogP contribution in [0.5, 0.6) is 0 Å². The number of hydrogen-bond donors (Lipinski definition) is 1. The summed E-state index contributed by atoms with van der Waals surface area (Å²) in [5, 5.41) is 1.13. The molecule has 2 unspecified atom stereocenters. The molecule has 5 heteroatoms. The highest BCUT2D eigenvalue weighted by Gasteiger charge is 2.21. The average Bonchev–Trinajstić information content (AvgIpc) is 2.26. The zero-order valence-electron chi connectivity index (χ0n) is 10.1. The van der Waals surface area contributed by atoms with Crippen LogP contribution in [0.25, 0.3) is 0 Å². The van der Waals surface area contributed by atoms with E-state index < -0.39 is 6.04 Å². The average molecular weight is 275 g/mol. The lowest BCUT2D eigenvalue weighted by Crippen LogP contribution is -2.41. The van der Waals surface area contributed by atoms with Gasteiger partial charge in [0.1, 0.15) is 0 Å². The Kier molecular flexibility index (Phi) is 4.80. The van der Waals surface area contributed by atoms with E-state index >= 15 is 0 Å². The largest absolute Gasteiger partial charge is 0.338 e. The summed E-state index contributed by atoms with van der Waals surface area (Å²) < 4.78 is 0. The minimum absolute atomic E-state index is 0.122. The first-order chi connectivity index (χ1) is 7.84. The molecule has 0 aromatic heterocycles. The molecule has 0 bridgehead atoms. The van der Waals surface area contributed by atoms with Gasteiger partial charge in [-0.1, -0.05) is 29.3 Å². The number of nitrogens with two attached hydrogens (primary N) is 1. The predicted octanol–water partition coefficient (Wildman–Crippen LogP) is 2.86. The zero-order chi connectivity index (χ0) is 13.2. The van der Waals surface area contributed by atoms with E-state index in [0.717, 1.165) is 5.56 Å². The molecule has 17 heavy (non-hydrogen) atoms. The van der Waals surface area contributed by atoms with Gasteiger partial charge in [-0.2, -0.15) is 0 Å². The molecule has 0 saturated heterocycles. The minimum Gasteiger partial charge on any atom is -0.338 e. The molecule has 0 radical (unpaired) electrons. The van der Waals surface area contributed by atoms with Crippen LogP contribution < -0.4 is 5.73 Å². The fraction of sp³-hybridized carbons (Fsp3) is 0.417. The summed E-state index contributed by atoms with van der Waals surface area (Å²) in [6.07, 6.45) is 0. The maximum absolute atomic E-state index is 11.8. The van der Waals surface area contributed by atoms with Gasteiger partial charge < -0.3 is 10.6 Å². The van der Waals surface area contributed by atoms with Gasteiger partial charge in [0.05, 0.1) is 12.1 Å². The van der Waals surface area contributed by atoms with Crippen molar-refractivity contribution >= 4 is 29.1 Å². The van der Waals surface area contributed by atoms with E-state index in [1.54, 1.807) is 31.0 Å². The lowest BCUT2D eigenvalue weighted by atomic mass is 10.1. The first-order valence-electron chi connectivity index (χ1n) is 5.31. The second kappa shape index (κ2) is 5.71. The van der Waals surface area contributed by atoms with Crippen LogP contribution in [0, 0.1) is 0 Å². The number of benzene rings is 1. The molecule has 1 amide bonds. The Balaban J connectivity index is 2.96. The van der Waals surface area contributed by atoms with Gasteiger partial charge in [-0.3, -0.25) is 4.79 Å². The van der Waals surface area contributed by atoms with E-state index in [4.69, 9.17) is 28.9 Å². The molecule has 1 rings (SSSR count). The fourth-order valence-electron chi connectivity index (χ4n) is 1.56. The van der Waals surface area contributed by atoms with Crippen LogP contribution in [0.2, 0.25) is 10.0 Å². The maximum Gasteiger partial charge on any atom is 0.239 e. The van der Waals surface area contributed by atoms with Crippen molar-refractivity contribution in [2.75, 3.05) is 7.05 Å². The monoisotopic (exact) mass is 274 g/mol. The van der Waals surface area contributed by atoms with Crippen molar-refractivity contribution in [2.24, 2.45) is 5.73 Å². The first kappa shape index (κ1) is 14.3. The van der Waals surface area contributed by atoms with Gasteiger partial charge in [-0.25, -0.2) is 0 Å². The van der Waals surface area contributed by atoms with Crippen LogP contribution in [-0.4, -0.2) is 23.9 Å². The van der Waals surface area contributed by atoms with Crippen molar-refractivity contribution in [2.45, 2.75) is 25.9 Å². The summed E-state index contributed by atoms with van der Waals surface area (Å²) in [6.45, 7) is 3.56. The van der Waals surface area contributed by atoms with Crippen LogP contribution in [-0.2, 0) is 4.79 Å². The van der Waals surface area contributed by atoms with Crippen molar-refractivity contribution in [1.29, 1.82) is 0 Å². The SMILES string of the molecule is CC(N)C(=O)N(C)C(C)c1ccc(Cl)cc1Cl. The van der Waals surface area contributed by atoms with E-state index in [2.05, 4.69) is 0 Å². The lowest BCUT2D eigenvalue weighted by Gasteiger charge is -2.27. The maximum atomic E-state index is 11.8. The van der Waals surface area contributed by atoms with E-state index in [9.17, 15) is 4.79 Å². The van der Waals surface area contributed by atoms with Gasteiger partial charge in [-0.05, 0) is 31.5 Å². The minimum atomic E-state index is -0.520. The molecule has 0 saturated carbocycles. The third-order valence-electron chi connectivity index (χ3n) is 2.73. The molecule has 0 heterocycles. The highest BCUT2D eigenvalue weighted by Crippen LogP contribution is 2.29. The van der Waals surface area contributed by atoms with Crippen molar-refractivity contribution in [3.8, 4) is 0 Å². The van der Waals surface area contributed by atoms with Crippen LogP contribution >= 0.6 is 23.2 Å². The lowest BCUT2D eigenvalue weighted by molar-refractivity contribution is -0.132. The molecule has 0 aliphatic carbocycles. The molecule has 0 spiro atoms. The third kappa shape index (κ3) is 3.35. The molecule has 2 N–H and O–H groups in total. The molecule has 1 aromatic rings. The van der Waals surface area contributed by atoms with Crippen LogP contribution in [0.4, 0.5) is 0 Å². The molecule has 2 atom stereocenters. The molecular weight excluding hydrogens is 259 g/mol. The van der Waals surface area contributed by atoms with Crippen LogP contribution in [0.1, 0.15) is 25.5 Å². The Bertz CT molecular complexity index is 421. The smallest absolute Gasteiger partial charge is 0.239 e. The van der Waals surface area contributed by atoms with Crippen LogP contribution in [0.3, 0.4) is 0 Å². The van der Waals surface area contributed by atoms with E-state index in [-0.39, 0.29) is 11.9 Å². The molecule has 3 nitrogen and oxygen atoms in total. The van der Waals surface area contributed by atoms with Gasteiger partial charge in [0.15, 0.2) is 0 Å². The molecular formula is C12H16Cl2N2O. The topological polar surface area (TPSA) is 46.3 Å². The van der Waals surface area contributed by atoms with Gasteiger partial charge >= 0.3 is 0 Å². The Hall–Kier alpha value is -0.770. The van der Waals surface area contributed by atoms with Crippen molar-refractivity contribution in [1.82, 2.24) is 4.90 Å². The predicted molar refractivity (Wildman–Crippen MR) is 71.3 cm³/mol. The summed E-state index contributed by atoms with van der Waals surface area (Å²) in [4.78, 5) is 13.4. The summed E-state index contributed by atoms with van der Waals surface area (Å²) in [7, 11) is 1.71. The van der Waals surface area contributed by atoms with Gasteiger partial charge in [0, 0.05) is 17.1 Å². The second-order valence-corrected chi connectivity index (χ2v) is 4.92. The Morgan fingerprint density at radius 3 is 2.41 bits per heavy atom. The number of nitrogens with zero attached hydrogens (tertiary/aromatic N) is 1. The number of carbonyl (C=O) groups is 1. The van der Waals surface area contributed by atoms with E-state index in [0.29, 0.717) is 10.0 Å². The number of carbonyl (C=O) groups excluding carboxylic acids is 1. The molecule has 1 aromatic carbocycles. The van der Waals surface area contributed by atoms with E-state index in [1.165, 1.54) is 0 Å². The molecule has 0 fully saturated rings.